The van der Waals surface area contributed by atoms with Crippen molar-refractivity contribution < 1.29 is 0 Å². The summed E-state index contributed by atoms with van der Waals surface area (Å²) in [6, 6.07) is 9.27. The molecule has 0 radical (unpaired) electrons. The molecule has 2 fully saturated rings. The van der Waals surface area contributed by atoms with E-state index in [-0.39, 0.29) is 0 Å². The largest absolute Gasteiger partial charge is 0.368 e. The summed E-state index contributed by atoms with van der Waals surface area (Å²) in [5.41, 5.74) is 11.4. The van der Waals surface area contributed by atoms with Crippen molar-refractivity contribution in [2.75, 3.05) is 55.3 Å². The van der Waals surface area contributed by atoms with Crippen molar-refractivity contribution in [1.29, 1.82) is 0 Å². The second-order valence-corrected chi connectivity index (χ2v) is 10.9. The van der Waals surface area contributed by atoms with Crippen LogP contribution < -0.4 is 15.5 Å². The molecule has 4 heterocycles. The van der Waals surface area contributed by atoms with Crippen LogP contribution in [0.3, 0.4) is 0 Å². The first-order chi connectivity index (χ1) is 17.5. The van der Waals surface area contributed by atoms with Crippen LogP contribution >= 0.6 is 0 Å². The van der Waals surface area contributed by atoms with E-state index in [9.17, 15) is 0 Å². The standard InChI is InChI=1S/C23H29N7.C6H12/c1-16-11-17-3-4-18(19-5-6-25-14-19)12-20(17)15-30(16)22-13-21(26-23(24)27-22)29-9-7-28(2)8-10-29;1-6-4-2-3-5-6/h3-5,12-14,16H,6-11,15H2,1-2H3,(H2,24,26,27);6H,2-5H2,1H3. The lowest BCUT2D eigenvalue weighted by molar-refractivity contribution is 0.312. The second-order valence-electron chi connectivity index (χ2n) is 10.9. The van der Waals surface area contributed by atoms with E-state index in [1.54, 1.807) is 0 Å². The highest BCUT2D eigenvalue weighted by atomic mass is 15.3. The normalized spacial score (nSPS) is 22.3. The van der Waals surface area contributed by atoms with Gasteiger partial charge in [-0.2, -0.15) is 9.97 Å². The predicted octanol–water partition coefficient (Wildman–Crippen LogP) is 4.43. The third-order valence-electron chi connectivity index (χ3n) is 8.06. The van der Waals surface area contributed by atoms with Gasteiger partial charge in [0.25, 0.3) is 0 Å². The van der Waals surface area contributed by atoms with Crippen LogP contribution in [0, 0.1) is 5.92 Å². The van der Waals surface area contributed by atoms with Crippen molar-refractivity contribution >= 4 is 29.4 Å². The number of piperazine rings is 1. The molecule has 1 aliphatic carbocycles. The summed E-state index contributed by atoms with van der Waals surface area (Å²) < 4.78 is 0. The summed E-state index contributed by atoms with van der Waals surface area (Å²) in [5, 5.41) is 0. The maximum atomic E-state index is 6.14. The highest BCUT2D eigenvalue weighted by Gasteiger charge is 2.26. The maximum absolute atomic E-state index is 6.14. The minimum atomic E-state index is 0.348. The molecule has 0 spiro atoms. The van der Waals surface area contributed by atoms with Crippen molar-refractivity contribution in [2.24, 2.45) is 10.9 Å². The molecule has 3 aliphatic heterocycles. The monoisotopic (exact) mass is 487 g/mol. The number of nitrogens with zero attached hydrogens (tertiary/aromatic N) is 6. The van der Waals surface area contributed by atoms with E-state index in [2.05, 4.69) is 80.9 Å². The van der Waals surface area contributed by atoms with Crippen LogP contribution in [0.2, 0.25) is 0 Å². The Morgan fingerprint density at radius 2 is 1.67 bits per heavy atom. The SMILES string of the molecule is CC1CCCC1.CC1Cc2ccc(C3=CCN=C3)cc2CN1c1cc(N2CCN(C)CC2)nc(N)n1. The summed E-state index contributed by atoms with van der Waals surface area (Å²) in [6.07, 6.45) is 11.1. The molecule has 1 unspecified atom stereocenters. The average molecular weight is 488 g/mol. The molecule has 0 amide bonds. The summed E-state index contributed by atoms with van der Waals surface area (Å²) in [5.74, 6) is 3.25. The van der Waals surface area contributed by atoms with Crippen LogP contribution in [0.5, 0.6) is 0 Å². The highest BCUT2D eigenvalue weighted by molar-refractivity contribution is 6.11. The molecule has 1 aromatic heterocycles. The maximum Gasteiger partial charge on any atom is 0.223 e. The van der Waals surface area contributed by atoms with Crippen molar-refractivity contribution in [3.8, 4) is 0 Å². The van der Waals surface area contributed by atoms with Crippen LogP contribution in [0.15, 0.2) is 35.3 Å². The summed E-state index contributed by atoms with van der Waals surface area (Å²) in [4.78, 5) is 20.5. The van der Waals surface area contributed by atoms with Gasteiger partial charge in [-0.1, -0.05) is 50.8 Å². The van der Waals surface area contributed by atoms with Crippen LogP contribution in [0.4, 0.5) is 17.6 Å². The average Bonchev–Trinajstić information content (AvgIpc) is 3.58. The first-order valence-corrected chi connectivity index (χ1v) is 13.6. The Kier molecular flexibility index (Phi) is 7.56. The molecule has 2 aromatic rings. The van der Waals surface area contributed by atoms with Gasteiger partial charge in [-0.3, -0.25) is 4.99 Å². The number of aliphatic imine (C=N–C) groups is 1. The van der Waals surface area contributed by atoms with Crippen molar-refractivity contribution in [1.82, 2.24) is 14.9 Å². The number of allylic oxidation sites excluding steroid dienone is 1. The van der Waals surface area contributed by atoms with E-state index in [4.69, 9.17) is 5.73 Å². The molecule has 1 saturated carbocycles. The predicted molar refractivity (Wildman–Crippen MR) is 151 cm³/mol. The number of hydrogen-bond acceptors (Lipinski definition) is 7. The molecule has 7 heteroatoms. The van der Waals surface area contributed by atoms with Crippen LogP contribution in [0.1, 0.15) is 56.2 Å². The highest BCUT2D eigenvalue weighted by Crippen LogP contribution is 2.31. The minimum Gasteiger partial charge on any atom is -0.368 e. The lowest BCUT2D eigenvalue weighted by Gasteiger charge is -2.37. The number of hydrogen-bond donors (Lipinski definition) is 1. The molecule has 1 saturated heterocycles. The summed E-state index contributed by atoms with van der Waals surface area (Å²) in [7, 11) is 2.16. The number of nitrogen functional groups attached to an aromatic ring is 1. The van der Waals surface area contributed by atoms with Gasteiger partial charge in [0.15, 0.2) is 0 Å². The number of benzene rings is 1. The molecule has 1 aromatic carbocycles. The Labute approximate surface area is 216 Å². The van der Waals surface area contributed by atoms with Crippen LogP contribution in [0.25, 0.3) is 5.57 Å². The van der Waals surface area contributed by atoms with Gasteiger partial charge in [0, 0.05) is 51.0 Å². The zero-order valence-corrected chi connectivity index (χ0v) is 22.2. The first-order valence-electron chi connectivity index (χ1n) is 13.6. The summed E-state index contributed by atoms with van der Waals surface area (Å²) >= 11 is 0. The first kappa shape index (κ1) is 24.8. The van der Waals surface area contributed by atoms with Crippen molar-refractivity contribution in [3.05, 3.63) is 47.0 Å². The van der Waals surface area contributed by atoms with Gasteiger partial charge in [-0.05, 0) is 54.6 Å². The van der Waals surface area contributed by atoms with Crippen LogP contribution in [-0.4, -0.2) is 66.9 Å². The Balaban J connectivity index is 0.000000391. The third kappa shape index (κ3) is 5.72. The Morgan fingerprint density at radius 1 is 0.917 bits per heavy atom. The van der Waals surface area contributed by atoms with Gasteiger partial charge in [0.05, 0.1) is 6.54 Å². The molecule has 2 N–H and O–H groups in total. The molecule has 7 nitrogen and oxygen atoms in total. The molecule has 1 atom stereocenters. The van der Waals surface area contributed by atoms with Crippen LogP contribution in [-0.2, 0) is 13.0 Å². The Morgan fingerprint density at radius 3 is 2.33 bits per heavy atom. The zero-order valence-electron chi connectivity index (χ0n) is 22.2. The van der Waals surface area contributed by atoms with Gasteiger partial charge < -0.3 is 20.4 Å². The Hall–Kier alpha value is -2.93. The van der Waals surface area contributed by atoms with E-state index in [1.807, 2.05) is 6.21 Å². The quantitative estimate of drug-likeness (QED) is 0.691. The summed E-state index contributed by atoms with van der Waals surface area (Å²) in [6.45, 7) is 10.2. The minimum absolute atomic E-state index is 0.348. The molecule has 4 aliphatic rings. The fourth-order valence-electron chi connectivity index (χ4n) is 5.69. The smallest absolute Gasteiger partial charge is 0.223 e. The molecule has 192 valence electrons. The lowest BCUT2D eigenvalue weighted by atomic mass is 9.91. The topological polar surface area (TPSA) is 73.9 Å². The fraction of sp³-hybridized carbons (Fsp3) is 0.552. The van der Waals surface area contributed by atoms with Gasteiger partial charge in [0.2, 0.25) is 5.95 Å². The molecule has 0 bridgehead atoms. The fourth-order valence-corrected chi connectivity index (χ4v) is 5.69. The van der Waals surface area contributed by atoms with E-state index in [1.165, 1.54) is 47.9 Å². The van der Waals surface area contributed by atoms with E-state index >= 15 is 0 Å². The van der Waals surface area contributed by atoms with E-state index in [0.29, 0.717) is 12.0 Å². The van der Waals surface area contributed by atoms with E-state index in [0.717, 1.165) is 63.2 Å². The van der Waals surface area contributed by atoms with Gasteiger partial charge in [0.1, 0.15) is 11.6 Å². The van der Waals surface area contributed by atoms with Crippen molar-refractivity contribution in [3.63, 3.8) is 0 Å². The number of fused-ring (bicyclic) bond motifs is 1. The zero-order chi connectivity index (χ0) is 25.1. The Bertz CT molecular complexity index is 1110. The third-order valence-corrected chi connectivity index (χ3v) is 8.06. The number of nitrogens with two attached hydrogens (primary N) is 1. The molecule has 36 heavy (non-hydrogen) atoms. The van der Waals surface area contributed by atoms with Gasteiger partial charge >= 0.3 is 0 Å². The molecule has 6 rings (SSSR count). The lowest BCUT2D eigenvalue weighted by Crippen LogP contribution is -2.45. The number of likely N-dealkylation sites (N-methyl/N-ethyl adjacent to an activating group) is 1. The molecular weight excluding hydrogens is 446 g/mol. The number of rotatable bonds is 3. The van der Waals surface area contributed by atoms with Gasteiger partial charge in [-0.15, -0.1) is 0 Å². The van der Waals surface area contributed by atoms with E-state index < -0.39 is 0 Å². The number of anilines is 3. The van der Waals surface area contributed by atoms with Gasteiger partial charge in [-0.25, -0.2) is 0 Å². The second kappa shape index (κ2) is 11.0. The molecular formula is C29H41N7. The van der Waals surface area contributed by atoms with Crippen molar-refractivity contribution in [2.45, 2.75) is 58.5 Å². The number of aromatic nitrogens is 2.